The second kappa shape index (κ2) is 6.76. The standard InChI is InChI=1S/C20H25F3N2/c21-20(22,23)19-4-2-1-3-17(19)13-24-7-9-25(10-8-24)14-18-12-15-5-6-16(18)11-15/h1-6,15-16,18H,7-14H2/t15-,16-,18-/m1/s1. The van der Waals surface area contributed by atoms with E-state index in [1.807, 2.05) is 0 Å². The summed E-state index contributed by atoms with van der Waals surface area (Å²) in [7, 11) is 0. The number of alkyl halides is 3. The van der Waals surface area contributed by atoms with Gasteiger partial charge in [-0.05, 0) is 42.2 Å². The van der Waals surface area contributed by atoms with Crippen LogP contribution in [0.2, 0.25) is 0 Å². The van der Waals surface area contributed by atoms with E-state index in [0.717, 1.165) is 50.5 Å². The Balaban J connectivity index is 1.30. The van der Waals surface area contributed by atoms with Crippen molar-refractivity contribution in [3.8, 4) is 0 Å². The van der Waals surface area contributed by atoms with Gasteiger partial charge in [0.1, 0.15) is 0 Å². The molecule has 0 aromatic heterocycles. The van der Waals surface area contributed by atoms with Gasteiger partial charge >= 0.3 is 6.18 Å². The first kappa shape index (κ1) is 17.1. The maximum Gasteiger partial charge on any atom is 0.416 e. The fraction of sp³-hybridized carbons (Fsp3) is 0.600. The van der Waals surface area contributed by atoms with Crippen LogP contribution in [0.25, 0.3) is 0 Å². The molecule has 25 heavy (non-hydrogen) atoms. The number of hydrogen-bond donors (Lipinski definition) is 0. The molecule has 0 radical (unpaired) electrons. The van der Waals surface area contributed by atoms with Crippen molar-refractivity contribution >= 4 is 0 Å². The lowest BCUT2D eigenvalue weighted by molar-refractivity contribution is -0.138. The van der Waals surface area contributed by atoms with E-state index in [1.165, 1.54) is 25.0 Å². The molecule has 2 bridgehead atoms. The molecule has 0 N–H and O–H groups in total. The largest absolute Gasteiger partial charge is 0.416 e. The summed E-state index contributed by atoms with van der Waals surface area (Å²) in [6.45, 7) is 5.17. The number of allylic oxidation sites excluding steroid dienone is 2. The summed E-state index contributed by atoms with van der Waals surface area (Å²) in [5, 5.41) is 0. The molecule has 2 fully saturated rings. The number of hydrogen-bond acceptors (Lipinski definition) is 2. The van der Waals surface area contributed by atoms with Crippen molar-refractivity contribution < 1.29 is 13.2 Å². The highest BCUT2D eigenvalue weighted by atomic mass is 19.4. The average Bonchev–Trinajstić information content (AvgIpc) is 3.19. The summed E-state index contributed by atoms with van der Waals surface area (Å²) < 4.78 is 39.4. The summed E-state index contributed by atoms with van der Waals surface area (Å²) in [4.78, 5) is 4.66. The van der Waals surface area contributed by atoms with E-state index in [0.29, 0.717) is 12.1 Å². The maximum atomic E-state index is 13.1. The van der Waals surface area contributed by atoms with Crippen molar-refractivity contribution in [2.45, 2.75) is 25.6 Å². The highest BCUT2D eigenvalue weighted by Gasteiger charge is 2.37. The summed E-state index contributed by atoms with van der Waals surface area (Å²) in [6, 6.07) is 5.96. The molecule has 3 aliphatic rings. The number of benzene rings is 1. The molecule has 2 nitrogen and oxygen atoms in total. The van der Waals surface area contributed by atoms with Gasteiger partial charge in [-0.2, -0.15) is 13.2 Å². The topological polar surface area (TPSA) is 6.48 Å². The molecule has 4 rings (SSSR count). The van der Waals surface area contributed by atoms with Gasteiger partial charge in [0.2, 0.25) is 0 Å². The molecule has 1 saturated heterocycles. The van der Waals surface area contributed by atoms with Crippen molar-refractivity contribution in [2.24, 2.45) is 17.8 Å². The third kappa shape index (κ3) is 3.77. The quantitative estimate of drug-likeness (QED) is 0.757. The predicted octanol–water partition coefficient (Wildman–Crippen LogP) is 4.04. The first-order valence-electron chi connectivity index (χ1n) is 9.27. The Bertz CT molecular complexity index is 632. The normalized spacial score (nSPS) is 30.3. The minimum Gasteiger partial charge on any atom is -0.300 e. The van der Waals surface area contributed by atoms with Crippen LogP contribution in [-0.4, -0.2) is 42.5 Å². The number of halogens is 3. The van der Waals surface area contributed by atoms with E-state index in [4.69, 9.17) is 0 Å². The Labute approximate surface area is 147 Å². The van der Waals surface area contributed by atoms with Crippen molar-refractivity contribution in [3.63, 3.8) is 0 Å². The van der Waals surface area contributed by atoms with E-state index in [1.54, 1.807) is 12.1 Å². The van der Waals surface area contributed by atoms with Gasteiger partial charge < -0.3 is 4.90 Å². The number of nitrogens with zero attached hydrogens (tertiary/aromatic N) is 2. The van der Waals surface area contributed by atoms with E-state index in [2.05, 4.69) is 22.0 Å². The van der Waals surface area contributed by atoms with Gasteiger partial charge in [-0.1, -0.05) is 30.4 Å². The zero-order valence-electron chi connectivity index (χ0n) is 14.4. The van der Waals surface area contributed by atoms with Crippen LogP contribution < -0.4 is 0 Å². The number of rotatable bonds is 4. The van der Waals surface area contributed by atoms with Crippen LogP contribution >= 0.6 is 0 Å². The van der Waals surface area contributed by atoms with Gasteiger partial charge in [0, 0.05) is 39.3 Å². The molecule has 0 spiro atoms. The lowest BCUT2D eigenvalue weighted by Crippen LogP contribution is -2.47. The first-order valence-corrected chi connectivity index (χ1v) is 9.27. The Morgan fingerprint density at radius 1 is 0.920 bits per heavy atom. The minimum absolute atomic E-state index is 0.389. The summed E-state index contributed by atoms with van der Waals surface area (Å²) in [5.74, 6) is 2.35. The highest BCUT2D eigenvalue weighted by Crippen LogP contribution is 2.43. The van der Waals surface area contributed by atoms with Gasteiger partial charge in [-0.15, -0.1) is 0 Å². The smallest absolute Gasteiger partial charge is 0.300 e. The zero-order valence-corrected chi connectivity index (χ0v) is 14.4. The highest BCUT2D eigenvalue weighted by molar-refractivity contribution is 5.29. The number of piperazine rings is 1. The molecule has 1 heterocycles. The van der Waals surface area contributed by atoms with Crippen molar-refractivity contribution in [2.75, 3.05) is 32.7 Å². The molecule has 136 valence electrons. The molecule has 3 atom stereocenters. The van der Waals surface area contributed by atoms with Crippen LogP contribution in [0.15, 0.2) is 36.4 Å². The van der Waals surface area contributed by atoms with Crippen LogP contribution in [0.1, 0.15) is 24.0 Å². The van der Waals surface area contributed by atoms with Gasteiger partial charge in [0.05, 0.1) is 5.56 Å². The van der Waals surface area contributed by atoms with Gasteiger partial charge in [-0.25, -0.2) is 0 Å². The van der Waals surface area contributed by atoms with Crippen LogP contribution in [0.3, 0.4) is 0 Å². The van der Waals surface area contributed by atoms with Gasteiger partial charge in [0.25, 0.3) is 0 Å². The average molecular weight is 350 g/mol. The molecular weight excluding hydrogens is 325 g/mol. The van der Waals surface area contributed by atoms with Crippen molar-refractivity contribution in [3.05, 3.63) is 47.5 Å². The molecule has 0 unspecified atom stereocenters. The van der Waals surface area contributed by atoms with E-state index < -0.39 is 11.7 Å². The van der Waals surface area contributed by atoms with Crippen LogP contribution in [0.4, 0.5) is 13.2 Å². The first-order chi connectivity index (χ1) is 12.0. The lowest BCUT2D eigenvalue weighted by atomic mass is 9.93. The van der Waals surface area contributed by atoms with Gasteiger partial charge in [-0.3, -0.25) is 4.90 Å². The molecule has 1 aromatic carbocycles. The third-order valence-electron chi connectivity index (χ3n) is 6.09. The van der Waals surface area contributed by atoms with Gasteiger partial charge in [0.15, 0.2) is 0 Å². The van der Waals surface area contributed by atoms with E-state index >= 15 is 0 Å². The molecule has 1 saturated carbocycles. The fourth-order valence-corrected chi connectivity index (χ4v) is 4.74. The third-order valence-corrected chi connectivity index (χ3v) is 6.09. The summed E-state index contributed by atoms with van der Waals surface area (Å²) in [6.07, 6.45) is 3.15. The van der Waals surface area contributed by atoms with Crippen molar-refractivity contribution in [1.82, 2.24) is 9.80 Å². The van der Waals surface area contributed by atoms with Crippen molar-refractivity contribution in [1.29, 1.82) is 0 Å². The molecule has 1 aliphatic heterocycles. The second-order valence-electron chi connectivity index (χ2n) is 7.77. The molecule has 5 heteroatoms. The SMILES string of the molecule is FC(F)(F)c1ccccc1CN1CCN(C[C@H]2C[C@@H]3C=C[C@@H]2C3)CC1. The maximum absolute atomic E-state index is 13.1. The molecule has 1 aromatic rings. The Morgan fingerprint density at radius 2 is 1.64 bits per heavy atom. The summed E-state index contributed by atoms with van der Waals surface area (Å²) in [5.41, 5.74) is -0.104. The number of fused-ring (bicyclic) bond motifs is 2. The van der Waals surface area contributed by atoms with E-state index in [-0.39, 0.29) is 0 Å². The van der Waals surface area contributed by atoms with E-state index in [9.17, 15) is 13.2 Å². The lowest BCUT2D eigenvalue weighted by Gasteiger charge is -2.37. The predicted molar refractivity (Wildman–Crippen MR) is 92.0 cm³/mol. The monoisotopic (exact) mass is 350 g/mol. The van der Waals surface area contributed by atoms with Crippen LogP contribution in [-0.2, 0) is 12.7 Å². The zero-order chi connectivity index (χ0) is 17.4. The molecule has 0 amide bonds. The molecular formula is C20H25F3N2. The van der Waals surface area contributed by atoms with Crippen LogP contribution in [0, 0.1) is 17.8 Å². The minimum atomic E-state index is -4.27. The fourth-order valence-electron chi connectivity index (χ4n) is 4.74. The second-order valence-corrected chi connectivity index (χ2v) is 7.77. The molecule has 2 aliphatic carbocycles. The summed E-state index contributed by atoms with van der Waals surface area (Å²) >= 11 is 0. The Hall–Kier alpha value is -1.33. The Kier molecular flexibility index (Phi) is 4.63. The van der Waals surface area contributed by atoms with Crippen LogP contribution in [0.5, 0.6) is 0 Å². The Morgan fingerprint density at radius 3 is 2.28 bits per heavy atom.